The SMILES string of the molecule is C[C@H](N)P(=O)(O)C[C@@H](Cc1ccccc1)C(=O)NC(Cc1ccc(O)c(I)c1)C(=O)O. The fourth-order valence-corrected chi connectivity index (χ4v) is 4.86. The minimum Gasteiger partial charge on any atom is -0.507 e. The number of hydrogen-bond acceptors (Lipinski definition) is 5. The van der Waals surface area contributed by atoms with Gasteiger partial charge in [-0.15, -0.1) is 0 Å². The van der Waals surface area contributed by atoms with E-state index in [1.54, 1.807) is 36.4 Å². The number of halogens is 1. The van der Waals surface area contributed by atoms with Crippen LogP contribution in [-0.4, -0.2) is 45.0 Å². The van der Waals surface area contributed by atoms with Crippen LogP contribution in [0.4, 0.5) is 0 Å². The van der Waals surface area contributed by atoms with Crippen molar-refractivity contribution in [3.63, 3.8) is 0 Å². The first-order valence-corrected chi connectivity index (χ1v) is 12.6. The van der Waals surface area contributed by atoms with E-state index in [9.17, 15) is 29.3 Å². The van der Waals surface area contributed by atoms with Crippen molar-refractivity contribution in [2.24, 2.45) is 11.7 Å². The average Bonchev–Trinajstić information content (AvgIpc) is 2.70. The molecule has 0 saturated carbocycles. The van der Waals surface area contributed by atoms with Gasteiger partial charge in [-0.25, -0.2) is 4.79 Å². The molecule has 2 rings (SSSR count). The van der Waals surface area contributed by atoms with Gasteiger partial charge in [0.15, 0.2) is 0 Å². The van der Waals surface area contributed by atoms with Crippen molar-refractivity contribution in [3.8, 4) is 5.75 Å². The summed E-state index contributed by atoms with van der Waals surface area (Å²) in [4.78, 5) is 35.0. The Bertz CT molecular complexity index is 970. The molecule has 0 saturated heterocycles. The van der Waals surface area contributed by atoms with E-state index >= 15 is 0 Å². The molecule has 8 nitrogen and oxygen atoms in total. The van der Waals surface area contributed by atoms with E-state index in [0.717, 1.165) is 5.56 Å². The minimum absolute atomic E-state index is 0.000507. The zero-order valence-corrected chi connectivity index (χ0v) is 20.0. The van der Waals surface area contributed by atoms with Crippen LogP contribution in [-0.2, 0) is 27.0 Å². The van der Waals surface area contributed by atoms with Gasteiger partial charge >= 0.3 is 5.97 Å². The molecule has 0 aliphatic heterocycles. The third-order valence-electron chi connectivity index (χ3n) is 4.88. The van der Waals surface area contributed by atoms with Crippen LogP contribution < -0.4 is 11.1 Å². The maximum absolute atomic E-state index is 13.0. The monoisotopic (exact) mass is 560 g/mol. The first kappa shape index (κ1) is 25.3. The largest absolute Gasteiger partial charge is 0.507 e. The normalized spacial score (nSPS) is 16.0. The highest BCUT2D eigenvalue weighted by Crippen LogP contribution is 2.45. The molecule has 0 bridgehead atoms. The number of carboxylic acids is 1. The highest BCUT2D eigenvalue weighted by molar-refractivity contribution is 14.1. The fourth-order valence-electron chi connectivity index (χ4n) is 3.02. The van der Waals surface area contributed by atoms with E-state index in [-0.39, 0.29) is 24.8 Å². The highest BCUT2D eigenvalue weighted by atomic mass is 127. The molecule has 2 aromatic rings. The molecule has 0 radical (unpaired) electrons. The van der Waals surface area contributed by atoms with Gasteiger partial charge in [0.05, 0.1) is 15.3 Å². The van der Waals surface area contributed by atoms with E-state index < -0.39 is 37.0 Å². The van der Waals surface area contributed by atoms with Gasteiger partial charge in [0, 0.05) is 12.6 Å². The Balaban J connectivity index is 2.22. The van der Waals surface area contributed by atoms with Crippen molar-refractivity contribution in [2.45, 2.75) is 31.6 Å². The maximum Gasteiger partial charge on any atom is 0.326 e. The Labute approximate surface area is 194 Å². The number of carbonyl (C=O) groups excluding carboxylic acids is 1. The third-order valence-corrected chi connectivity index (χ3v) is 7.98. The number of aromatic hydroxyl groups is 1. The van der Waals surface area contributed by atoms with Crippen molar-refractivity contribution in [2.75, 3.05) is 6.16 Å². The van der Waals surface area contributed by atoms with Crippen LogP contribution in [0.1, 0.15) is 18.1 Å². The summed E-state index contributed by atoms with van der Waals surface area (Å²) in [5, 5.41) is 21.8. The molecule has 1 amide bonds. The number of phenols is 1. The van der Waals surface area contributed by atoms with Crippen LogP contribution in [0.15, 0.2) is 48.5 Å². The Morgan fingerprint density at radius 2 is 1.77 bits per heavy atom. The summed E-state index contributed by atoms with van der Waals surface area (Å²) in [7, 11) is -3.82. The molecular weight excluding hydrogens is 534 g/mol. The molecule has 0 heterocycles. The quantitative estimate of drug-likeness (QED) is 0.222. The molecular formula is C21H26IN2O6P. The van der Waals surface area contributed by atoms with Crippen molar-refractivity contribution in [1.29, 1.82) is 0 Å². The van der Waals surface area contributed by atoms with Gasteiger partial charge < -0.3 is 26.2 Å². The van der Waals surface area contributed by atoms with E-state index in [0.29, 0.717) is 9.13 Å². The van der Waals surface area contributed by atoms with Crippen LogP contribution in [0.25, 0.3) is 0 Å². The second kappa shape index (κ2) is 11.1. The summed E-state index contributed by atoms with van der Waals surface area (Å²) in [6.45, 7) is 1.41. The molecule has 0 spiro atoms. The standard InChI is InChI=1S/C21H26IN2O6P/c1-13(23)31(29,30)12-16(9-14-5-3-2-4-6-14)20(26)24-18(21(27)28)11-15-7-8-19(25)17(22)10-15/h2-8,10,13,16,18,25H,9,11-12,23H2,1H3,(H,24,26)(H,27,28)(H,29,30)/t13-,16-,18?/m1/s1. The van der Waals surface area contributed by atoms with Gasteiger partial charge in [0.2, 0.25) is 13.3 Å². The lowest BCUT2D eigenvalue weighted by atomic mass is 9.99. The number of rotatable bonds is 10. The van der Waals surface area contributed by atoms with Crippen molar-refractivity contribution in [3.05, 3.63) is 63.2 Å². The van der Waals surface area contributed by atoms with E-state index in [4.69, 9.17) is 5.73 Å². The summed E-state index contributed by atoms with van der Waals surface area (Å²) in [6, 6.07) is 12.4. The molecule has 4 atom stereocenters. The second-order valence-corrected chi connectivity index (χ2v) is 11.3. The number of nitrogens with two attached hydrogens (primary N) is 1. The van der Waals surface area contributed by atoms with E-state index in [1.807, 2.05) is 28.7 Å². The summed E-state index contributed by atoms with van der Waals surface area (Å²) in [6.07, 6.45) is -0.179. The first-order chi connectivity index (χ1) is 14.5. The number of carbonyl (C=O) groups is 2. The zero-order valence-electron chi connectivity index (χ0n) is 16.9. The lowest BCUT2D eigenvalue weighted by Crippen LogP contribution is -2.46. The molecule has 0 fully saturated rings. The Kier molecular flexibility index (Phi) is 9.05. The Morgan fingerprint density at radius 3 is 2.32 bits per heavy atom. The number of hydrogen-bond donors (Lipinski definition) is 5. The molecule has 2 aromatic carbocycles. The molecule has 2 unspecified atom stereocenters. The van der Waals surface area contributed by atoms with Crippen LogP contribution in [0.5, 0.6) is 5.75 Å². The zero-order chi connectivity index (χ0) is 23.2. The molecule has 6 N–H and O–H groups in total. The van der Waals surface area contributed by atoms with Crippen LogP contribution >= 0.6 is 30.0 Å². The third kappa shape index (κ3) is 7.60. The summed E-state index contributed by atoms with van der Waals surface area (Å²) in [5.41, 5.74) is 7.04. The van der Waals surface area contributed by atoms with Gasteiger partial charge in [-0.05, 0) is 59.2 Å². The van der Waals surface area contributed by atoms with Crippen molar-refractivity contribution >= 4 is 41.8 Å². The summed E-state index contributed by atoms with van der Waals surface area (Å²) in [5.74, 6) is -3.70. The van der Waals surface area contributed by atoms with Crippen molar-refractivity contribution in [1.82, 2.24) is 5.32 Å². The maximum atomic E-state index is 13.0. The number of aliphatic carboxylic acids is 1. The number of nitrogens with one attached hydrogen (secondary N) is 1. The number of amides is 1. The molecule has 10 heteroatoms. The van der Waals surface area contributed by atoms with Gasteiger partial charge in [-0.3, -0.25) is 9.36 Å². The fraction of sp³-hybridized carbons (Fsp3) is 0.333. The topological polar surface area (TPSA) is 150 Å². The van der Waals surface area contributed by atoms with E-state index in [1.165, 1.54) is 13.0 Å². The van der Waals surface area contributed by atoms with Gasteiger partial charge in [0.25, 0.3) is 0 Å². The number of phenolic OH excluding ortho intramolecular Hbond substituents is 1. The van der Waals surface area contributed by atoms with Gasteiger partial charge in [-0.1, -0.05) is 36.4 Å². The van der Waals surface area contributed by atoms with Crippen molar-refractivity contribution < 1.29 is 29.3 Å². The van der Waals surface area contributed by atoms with Gasteiger partial charge in [-0.2, -0.15) is 0 Å². The lowest BCUT2D eigenvalue weighted by Gasteiger charge is -2.24. The van der Waals surface area contributed by atoms with Gasteiger partial charge in [0.1, 0.15) is 11.8 Å². The molecule has 31 heavy (non-hydrogen) atoms. The number of benzene rings is 2. The number of carboxylic acid groups (broad SMARTS) is 1. The first-order valence-electron chi connectivity index (χ1n) is 9.61. The average molecular weight is 560 g/mol. The highest BCUT2D eigenvalue weighted by Gasteiger charge is 2.33. The molecule has 0 aliphatic rings. The predicted octanol–water partition coefficient (Wildman–Crippen LogP) is 2.54. The summed E-state index contributed by atoms with van der Waals surface area (Å²) < 4.78 is 13.1. The van der Waals surface area contributed by atoms with E-state index in [2.05, 4.69) is 5.32 Å². The molecule has 0 aromatic heterocycles. The molecule has 0 aliphatic carbocycles. The lowest BCUT2D eigenvalue weighted by molar-refractivity contribution is -0.142. The Morgan fingerprint density at radius 1 is 1.13 bits per heavy atom. The smallest absolute Gasteiger partial charge is 0.326 e. The predicted molar refractivity (Wildman–Crippen MR) is 126 cm³/mol. The minimum atomic E-state index is -3.82. The Hall–Kier alpha value is -1.94. The summed E-state index contributed by atoms with van der Waals surface area (Å²) >= 11 is 1.93. The van der Waals surface area contributed by atoms with Crippen LogP contribution in [0.3, 0.4) is 0 Å². The molecule has 168 valence electrons. The second-order valence-electron chi connectivity index (χ2n) is 7.45. The van der Waals surface area contributed by atoms with Crippen LogP contribution in [0, 0.1) is 9.49 Å². The van der Waals surface area contributed by atoms with Crippen LogP contribution in [0.2, 0.25) is 0 Å².